The van der Waals surface area contributed by atoms with Crippen LogP contribution in [-0.2, 0) is 6.61 Å². The Morgan fingerprint density at radius 3 is 2.38 bits per heavy atom. The van der Waals surface area contributed by atoms with Gasteiger partial charge >= 0.3 is 0 Å². The van der Waals surface area contributed by atoms with Gasteiger partial charge in [-0.15, -0.1) is 0 Å². The minimum absolute atomic E-state index is 0.0564. The Morgan fingerprint density at radius 2 is 1.62 bits per heavy atom. The highest BCUT2D eigenvalue weighted by Gasteiger charge is 2.15. The van der Waals surface area contributed by atoms with Crippen LogP contribution in [0.15, 0.2) is 72.8 Å². The van der Waals surface area contributed by atoms with Crippen molar-refractivity contribution < 1.29 is 19.0 Å². The van der Waals surface area contributed by atoms with Gasteiger partial charge in [-0.2, -0.15) is 0 Å². The number of ether oxygens (including phenoxy) is 2. The van der Waals surface area contributed by atoms with E-state index in [-0.39, 0.29) is 12.3 Å². The molecule has 0 aromatic heterocycles. The summed E-state index contributed by atoms with van der Waals surface area (Å²) in [4.78, 5) is 0. The monoisotopic (exact) mass is 353 g/mol. The standard InChI is InChI=1S/C21H20FNO3/c22-16-10-11-20(25-14-15-6-2-1-3-7-15)21(12-16)26-19-9-5-4-8-17(19)18(24)13-23/h1-12,18,24H,13-14,23H2. The van der Waals surface area contributed by atoms with Crippen LogP contribution in [0.2, 0.25) is 0 Å². The molecule has 0 spiro atoms. The topological polar surface area (TPSA) is 64.7 Å². The molecule has 0 aliphatic carbocycles. The third-order valence-electron chi connectivity index (χ3n) is 3.86. The maximum Gasteiger partial charge on any atom is 0.172 e. The van der Waals surface area contributed by atoms with Crippen LogP contribution < -0.4 is 15.2 Å². The summed E-state index contributed by atoms with van der Waals surface area (Å²) in [7, 11) is 0. The Hall–Kier alpha value is -2.89. The largest absolute Gasteiger partial charge is 0.485 e. The lowest BCUT2D eigenvalue weighted by molar-refractivity contribution is 0.183. The summed E-state index contributed by atoms with van der Waals surface area (Å²) in [5.41, 5.74) is 7.07. The van der Waals surface area contributed by atoms with Gasteiger partial charge in [0.1, 0.15) is 18.2 Å². The number of hydrogen-bond donors (Lipinski definition) is 2. The number of aliphatic hydroxyl groups is 1. The summed E-state index contributed by atoms with van der Waals surface area (Å²) >= 11 is 0. The molecule has 1 atom stereocenters. The number of hydrogen-bond acceptors (Lipinski definition) is 4. The minimum Gasteiger partial charge on any atom is -0.485 e. The van der Waals surface area contributed by atoms with Crippen molar-refractivity contribution in [3.05, 3.63) is 89.7 Å². The van der Waals surface area contributed by atoms with Crippen LogP contribution in [0.3, 0.4) is 0 Å². The van der Waals surface area contributed by atoms with Crippen LogP contribution in [-0.4, -0.2) is 11.7 Å². The molecule has 3 aromatic carbocycles. The number of halogens is 1. The van der Waals surface area contributed by atoms with E-state index in [2.05, 4.69) is 0 Å². The molecule has 0 bridgehead atoms. The molecule has 1 unspecified atom stereocenters. The molecule has 0 aliphatic rings. The van der Waals surface area contributed by atoms with Crippen molar-refractivity contribution in [3.63, 3.8) is 0 Å². The lowest BCUT2D eigenvalue weighted by atomic mass is 10.1. The third kappa shape index (κ3) is 4.39. The molecule has 0 amide bonds. The Balaban J connectivity index is 1.85. The fourth-order valence-corrected chi connectivity index (χ4v) is 2.51. The second kappa shape index (κ2) is 8.47. The number of nitrogens with two attached hydrogens (primary N) is 1. The van der Waals surface area contributed by atoms with Gasteiger partial charge in [0, 0.05) is 18.2 Å². The quantitative estimate of drug-likeness (QED) is 0.668. The molecule has 3 N–H and O–H groups in total. The van der Waals surface area contributed by atoms with Gasteiger partial charge in [-0.25, -0.2) is 4.39 Å². The SMILES string of the molecule is NCC(O)c1ccccc1Oc1cc(F)ccc1OCc1ccccc1. The molecule has 3 rings (SSSR count). The summed E-state index contributed by atoms with van der Waals surface area (Å²) in [6.45, 7) is 0.386. The van der Waals surface area contributed by atoms with Crippen molar-refractivity contribution in [1.82, 2.24) is 0 Å². The van der Waals surface area contributed by atoms with Crippen molar-refractivity contribution in [2.75, 3.05) is 6.54 Å². The van der Waals surface area contributed by atoms with Crippen LogP contribution in [0, 0.1) is 5.82 Å². The summed E-state index contributed by atoms with van der Waals surface area (Å²) in [5.74, 6) is 0.606. The van der Waals surface area contributed by atoms with Gasteiger partial charge in [-0.1, -0.05) is 48.5 Å². The molecular formula is C21H20FNO3. The highest BCUT2D eigenvalue weighted by molar-refractivity contribution is 5.46. The van der Waals surface area contributed by atoms with Crippen molar-refractivity contribution in [2.45, 2.75) is 12.7 Å². The number of rotatable bonds is 7. The summed E-state index contributed by atoms with van der Waals surface area (Å²) in [6, 6.07) is 20.7. The predicted molar refractivity (Wildman–Crippen MR) is 97.7 cm³/mol. The maximum atomic E-state index is 13.7. The summed E-state index contributed by atoms with van der Waals surface area (Å²) in [6.07, 6.45) is -0.867. The minimum atomic E-state index is -0.867. The molecule has 26 heavy (non-hydrogen) atoms. The van der Waals surface area contributed by atoms with E-state index >= 15 is 0 Å². The van der Waals surface area contributed by atoms with Gasteiger partial charge in [0.2, 0.25) is 0 Å². The van der Waals surface area contributed by atoms with E-state index in [1.165, 1.54) is 18.2 Å². The molecule has 134 valence electrons. The second-order valence-corrected chi connectivity index (χ2v) is 5.76. The first-order valence-corrected chi connectivity index (χ1v) is 8.28. The smallest absolute Gasteiger partial charge is 0.172 e. The molecule has 3 aromatic rings. The first kappa shape index (κ1) is 17.9. The van der Waals surface area contributed by atoms with Crippen LogP contribution in [0.25, 0.3) is 0 Å². The fourth-order valence-electron chi connectivity index (χ4n) is 2.51. The zero-order chi connectivity index (χ0) is 18.4. The Kier molecular flexibility index (Phi) is 5.84. The maximum absolute atomic E-state index is 13.7. The van der Waals surface area contributed by atoms with Gasteiger partial charge < -0.3 is 20.3 Å². The summed E-state index contributed by atoms with van der Waals surface area (Å²) in [5, 5.41) is 10.1. The molecule has 0 heterocycles. The van der Waals surface area contributed by atoms with Crippen LogP contribution in [0.1, 0.15) is 17.2 Å². The predicted octanol–water partition coefficient (Wildman–Crippen LogP) is 4.19. The average molecular weight is 353 g/mol. The highest BCUT2D eigenvalue weighted by Crippen LogP contribution is 2.35. The van der Waals surface area contributed by atoms with E-state index in [1.807, 2.05) is 30.3 Å². The van der Waals surface area contributed by atoms with Gasteiger partial charge in [-0.3, -0.25) is 0 Å². The zero-order valence-electron chi connectivity index (χ0n) is 14.1. The highest BCUT2D eigenvalue weighted by atomic mass is 19.1. The van der Waals surface area contributed by atoms with Crippen LogP contribution in [0.5, 0.6) is 17.2 Å². The van der Waals surface area contributed by atoms with Crippen molar-refractivity contribution in [3.8, 4) is 17.2 Å². The van der Waals surface area contributed by atoms with E-state index in [1.54, 1.807) is 24.3 Å². The van der Waals surface area contributed by atoms with E-state index in [0.29, 0.717) is 23.7 Å². The molecule has 0 saturated heterocycles. The van der Waals surface area contributed by atoms with Crippen molar-refractivity contribution >= 4 is 0 Å². The fraction of sp³-hybridized carbons (Fsp3) is 0.143. The number of para-hydroxylation sites is 1. The number of benzene rings is 3. The lowest BCUT2D eigenvalue weighted by Gasteiger charge is -2.17. The molecular weight excluding hydrogens is 333 g/mol. The van der Waals surface area contributed by atoms with Crippen molar-refractivity contribution in [1.29, 1.82) is 0 Å². The molecule has 0 aliphatic heterocycles. The molecule has 4 nitrogen and oxygen atoms in total. The van der Waals surface area contributed by atoms with E-state index in [4.69, 9.17) is 15.2 Å². The molecule has 0 fully saturated rings. The Bertz CT molecular complexity index is 855. The molecule has 5 heteroatoms. The normalized spacial score (nSPS) is 11.8. The van der Waals surface area contributed by atoms with E-state index in [0.717, 1.165) is 5.56 Å². The first-order chi connectivity index (χ1) is 12.7. The van der Waals surface area contributed by atoms with Gasteiger partial charge in [0.05, 0.1) is 6.10 Å². The average Bonchev–Trinajstić information content (AvgIpc) is 2.68. The molecule has 0 saturated carbocycles. The van der Waals surface area contributed by atoms with Gasteiger partial charge in [0.15, 0.2) is 11.5 Å². The Labute approximate surface area is 151 Å². The van der Waals surface area contributed by atoms with E-state index in [9.17, 15) is 9.50 Å². The first-order valence-electron chi connectivity index (χ1n) is 8.28. The van der Waals surface area contributed by atoms with E-state index < -0.39 is 11.9 Å². The van der Waals surface area contributed by atoms with Gasteiger partial charge in [-0.05, 0) is 23.8 Å². The van der Waals surface area contributed by atoms with Crippen LogP contribution in [0.4, 0.5) is 4.39 Å². The Morgan fingerprint density at radius 1 is 0.885 bits per heavy atom. The van der Waals surface area contributed by atoms with Crippen molar-refractivity contribution in [2.24, 2.45) is 5.73 Å². The molecule has 0 radical (unpaired) electrons. The zero-order valence-corrected chi connectivity index (χ0v) is 14.1. The van der Waals surface area contributed by atoms with Crippen LogP contribution >= 0.6 is 0 Å². The van der Waals surface area contributed by atoms with Gasteiger partial charge in [0.25, 0.3) is 0 Å². The third-order valence-corrected chi connectivity index (χ3v) is 3.86. The number of aliphatic hydroxyl groups excluding tert-OH is 1. The second-order valence-electron chi connectivity index (χ2n) is 5.76. The lowest BCUT2D eigenvalue weighted by Crippen LogP contribution is -2.12. The summed E-state index contributed by atoms with van der Waals surface area (Å²) < 4.78 is 25.4.